The Hall–Kier alpha value is -0.0800. The number of nitrogens with zero attached hydrogens (tertiary/aromatic N) is 1. The minimum absolute atomic E-state index is 0.850. The van der Waals surface area contributed by atoms with Gasteiger partial charge in [-0.25, -0.2) is 5.01 Å². The standard InChI is InChI=1S/C7H14N2/c1-2-6-9(5-1)8-7-3-4-7/h7-8H,1-6H2. The van der Waals surface area contributed by atoms with Crippen LogP contribution in [-0.4, -0.2) is 24.1 Å². The summed E-state index contributed by atoms with van der Waals surface area (Å²) in [5.74, 6) is 0. The van der Waals surface area contributed by atoms with Crippen LogP contribution < -0.4 is 5.43 Å². The summed E-state index contributed by atoms with van der Waals surface area (Å²) in [7, 11) is 0. The average Bonchev–Trinajstić information content (AvgIpc) is 2.46. The molecule has 9 heavy (non-hydrogen) atoms. The van der Waals surface area contributed by atoms with Crippen LogP contribution in [0.1, 0.15) is 25.7 Å². The number of hydrazine groups is 1. The zero-order valence-corrected chi connectivity index (χ0v) is 5.77. The van der Waals surface area contributed by atoms with Gasteiger partial charge in [-0.2, -0.15) is 0 Å². The molecule has 1 N–H and O–H groups in total. The van der Waals surface area contributed by atoms with E-state index in [0.717, 1.165) is 6.04 Å². The van der Waals surface area contributed by atoms with Crippen LogP contribution in [0.3, 0.4) is 0 Å². The van der Waals surface area contributed by atoms with Crippen LogP contribution in [0.2, 0.25) is 0 Å². The Morgan fingerprint density at radius 2 is 1.78 bits per heavy atom. The molecule has 0 spiro atoms. The molecule has 0 radical (unpaired) electrons. The van der Waals surface area contributed by atoms with Gasteiger partial charge in [0.2, 0.25) is 0 Å². The van der Waals surface area contributed by atoms with Gasteiger partial charge in [0.25, 0.3) is 0 Å². The Morgan fingerprint density at radius 3 is 2.33 bits per heavy atom. The minimum Gasteiger partial charge on any atom is -0.252 e. The molecule has 1 saturated heterocycles. The van der Waals surface area contributed by atoms with E-state index in [1.165, 1.54) is 38.8 Å². The van der Waals surface area contributed by atoms with E-state index >= 15 is 0 Å². The van der Waals surface area contributed by atoms with Crippen molar-refractivity contribution in [1.82, 2.24) is 10.4 Å². The van der Waals surface area contributed by atoms with Crippen molar-refractivity contribution in [3.05, 3.63) is 0 Å². The van der Waals surface area contributed by atoms with Crippen LogP contribution in [0.25, 0.3) is 0 Å². The lowest BCUT2D eigenvalue weighted by atomic mass is 10.4. The van der Waals surface area contributed by atoms with Crippen molar-refractivity contribution in [1.29, 1.82) is 0 Å². The molecule has 2 nitrogen and oxygen atoms in total. The molecule has 0 aromatic rings. The monoisotopic (exact) mass is 126 g/mol. The quantitative estimate of drug-likeness (QED) is 0.587. The lowest BCUT2D eigenvalue weighted by Gasteiger charge is -2.14. The lowest BCUT2D eigenvalue weighted by Crippen LogP contribution is -2.36. The summed E-state index contributed by atoms with van der Waals surface area (Å²) >= 11 is 0. The Balaban J connectivity index is 1.70. The third-order valence-corrected chi connectivity index (χ3v) is 2.05. The van der Waals surface area contributed by atoms with Crippen molar-refractivity contribution in [2.75, 3.05) is 13.1 Å². The van der Waals surface area contributed by atoms with Gasteiger partial charge >= 0.3 is 0 Å². The molecule has 1 aliphatic carbocycles. The first-order valence-electron chi connectivity index (χ1n) is 3.96. The van der Waals surface area contributed by atoms with Crippen molar-refractivity contribution < 1.29 is 0 Å². The summed E-state index contributed by atoms with van der Waals surface area (Å²) in [6.07, 6.45) is 5.58. The Morgan fingerprint density at radius 1 is 1.11 bits per heavy atom. The van der Waals surface area contributed by atoms with E-state index in [4.69, 9.17) is 0 Å². The predicted molar refractivity (Wildman–Crippen MR) is 37.0 cm³/mol. The second-order valence-electron chi connectivity index (χ2n) is 3.10. The predicted octanol–water partition coefficient (Wildman–Crippen LogP) is 0.749. The molecular formula is C7H14N2. The fourth-order valence-electron chi connectivity index (χ4n) is 1.32. The maximum atomic E-state index is 3.49. The number of hydrogen-bond donors (Lipinski definition) is 1. The van der Waals surface area contributed by atoms with Crippen LogP contribution >= 0.6 is 0 Å². The lowest BCUT2D eigenvalue weighted by molar-refractivity contribution is 0.231. The molecule has 0 unspecified atom stereocenters. The molecular weight excluding hydrogens is 112 g/mol. The highest BCUT2D eigenvalue weighted by Gasteiger charge is 2.24. The topological polar surface area (TPSA) is 15.3 Å². The Bertz CT molecular complexity index is 93.1. The van der Waals surface area contributed by atoms with E-state index in [2.05, 4.69) is 10.4 Å². The normalized spacial score (nSPS) is 29.3. The second kappa shape index (κ2) is 2.27. The van der Waals surface area contributed by atoms with E-state index < -0.39 is 0 Å². The van der Waals surface area contributed by atoms with Gasteiger partial charge in [0, 0.05) is 19.1 Å². The molecule has 52 valence electrons. The number of rotatable bonds is 2. The van der Waals surface area contributed by atoms with Gasteiger partial charge in [0.05, 0.1) is 0 Å². The molecule has 0 aromatic carbocycles. The highest BCUT2D eigenvalue weighted by Crippen LogP contribution is 2.20. The minimum atomic E-state index is 0.850. The van der Waals surface area contributed by atoms with Gasteiger partial charge in [0.15, 0.2) is 0 Å². The number of nitrogens with one attached hydrogen (secondary N) is 1. The molecule has 1 aliphatic heterocycles. The molecule has 0 amide bonds. The van der Waals surface area contributed by atoms with E-state index in [-0.39, 0.29) is 0 Å². The fraction of sp³-hybridized carbons (Fsp3) is 1.00. The van der Waals surface area contributed by atoms with Crippen molar-refractivity contribution in [3.8, 4) is 0 Å². The van der Waals surface area contributed by atoms with Crippen LogP contribution in [0.5, 0.6) is 0 Å². The van der Waals surface area contributed by atoms with Gasteiger partial charge in [-0.1, -0.05) is 0 Å². The SMILES string of the molecule is C1CCN(NC2CC2)C1. The molecule has 2 fully saturated rings. The largest absolute Gasteiger partial charge is 0.252 e. The molecule has 1 heterocycles. The molecule has 2 aliphatic rings. The zero-order chi connectivity index (χ0) is 6.10. The van der Waals surface area contributed by atoms with Crippen molar-refractivity contribution in [2.45, 2.75) is 31.7 Å². The fourth-order valence-corrected chi connectivity index (χ4v) is 1.32. The van der Waals surface area contributed by atoms with E-state index in [0.29, 0.717) is 0 Å². The summed E-state index contributed by atoms with van der Waals surface area (Å²) in [6.45, 7) is 2.55. The smallest absolute Gasteiger partial charge is 0.0216 e. The van der Waals surface area contributed by atoms with Crippen molar-refractivity contribution in [2.24, 2.45) is 0 Å². The van der Waals surface area contributed by atoms with Crippen LogP contribution in [0.4, 0.5) is 0 Å². The molecule has 0 aromatic heterocycles. The first-order chi connectivity index (χ1) is 4.45. The molecule has 0 atom stereocenters. The summed E-state index contributed by atoms with van der Waals surface area (Å²) in [6, 6.07) is 0.850. The van der Waals surface area contributed by atoms with E-state index in [1.54, 1.807) is 0 Å². The van der Waals surface area contributed by atoms with Gasteiger partial charge in [-0.15, -0.1) is 0 Å². The van der Waals surface area contributed by atoms with E-state index in [9.17, 15) is 0 Å². The van der Waals surface area contributed by atoms with E-state index in [1.807, 2.05) is 0 Å². The highest BCUT2D eigenvalue weighted by atomic mass is 15.5. The highest BCUT2D eigenvalue weighted by molar-refractivity contribution is 4.80. The average molecular weight is 126 g/mol. The first-order valence-corrected chi connectivity index (χ1v) is 3.96. The third kappa shape index (κ3) is 1.43. The summed E-state index contributed by atoms with van der Waals surface area (Å²) in [5, 5.41) is 2.37. The van der Waals surface area contributed by atoms with Gasteiger partial charge in [0.1, 0.15) is 0 Å². The van der Waals surface area contributed by atoms with Gasteiger partial charge in [-0.05, 0) is 25.7 Å². The first kappa shape index (κ1) is 5.69. The van der Waals surface area contributed by atoms with Crippen molar-refractivity contribution in [3.63, 3.8) is 0 Å². The molecule has 0 bridgehead atoms. The summed E-state index contributed by atoms with van der Waals surface area (Å²) < 4.78 is 0. The van der Waals surface area contributed by atoms with Crippen LogP contribution in [-0.2, 0) is 0 Å². The summed E-state index contributed by atoms with van der Waals surface area (Å²) in [5.41, 5.74) is 3.49. The second-order valence-corrected chi connectivity index (χ2v) is 3.10. The Labute approximate surface area is 56.2 Å². The molecule has 1 saturated carbocycles. The van der Waals surface area contributed by atoms with Crippen LogP contribution in [0, 0.1) is 0 Å². The Kier molecular flexibility index (Phi) is 1.44. The van der Waals surface area contributed by atoms with Crippen molar-refractivity contribution >= 4 is 0 Å². The summed E-state index contributed by atoms with van der Waals surface area (Å²) in [4.78, 5) is 0. The van der Waals surface area contributed by atoms with Crippen LogP contribution in [0.15, 0.2) is 0 Å². The van der Waals surface area contributed by atoms with Gasteiger partial charge < -0.3 is 0 Å². The number of hydrogen-bond acceptors (Lipinski definition) is 2. The molecule has 2 rings (SSSR count). The maximum Gasteiger partial charge on any atom is 0.0216 e. The van der Waals surface area contributed by atoms with Gasteiger partial charge in [-0.3, -0.25) is 5.43 Å². The third-order valence-electron chi connectivity index (χ3n) is 2.05. The maximum absolute atomic E-state index is 3.49. The molecule has 2 heteroatoms. The zero-order valence-electron chi connectivity index (χ0n) is 5.77.